The molecule has 9 heteroatoms. The third-order valence-corrected chi connectivity index (χ3v) is 4.36. The van der Waals surface area contributed by atoms with Crippen molar-refractivity contribution >= 4 is 44.9 Å². The second-order valence-corrected chi connectivity index (χ2v) is 8.14. The second kappa shape index (κ2) is 8.41. The Morgan fingerprint density at radius 2 is 1.81 bits per heavy atom. The van der Waals surface area contributed by atoms with Gasteiger partial charge in [-0.25, -0.2) is 13.2 Å². The molecule has 27 heavy (non-hydrogen) atoms. The van der Waals surface area contributed by atoms with Gasteiger partial charge >= 0.3 is 5.97 Å². The van der Waals surface area contributed by atoms with Crippen molar-refractivity contribution in [2.24, 2.45) is 0 Å². The van der Waals surface area contributed by atoms with E-state index in [-0.39, 0.29) is 11.3 Å². The predicted octanol–water partition coefficient (Wildman–Crippen LogP) is 3.12. The monoisotopic (exact) mass is 410 g/mol. The van der Waals surface area contributed by atoms with Crippen molar-refractivity contribution in [1.82, 2.24) is 0 Å². The second-order valence-electron chi connectivity index (χ2n) is 5.98. The summed E-state index contributed by atoms with van der Waals surface area (Å²) in [6.45, 7) is 3.14. The highest BCUT2D eigenvalue weighted by Crippen LogP contribution is 2.27. The van der Waals surface area contributed by atoms with Gasteiger partial charge in [-0.3, -0.25) is 9.52 Å². The minimum absolute atomic E-state index is 0.000254. The van der Waals surface area contributed by atoms with E-state index in [2.05, 4.69) is 10.0 Å². The lowest BCUT2D eigenvalue weighted by Crippen LogP contribution is -2.22. The molecule has 2 aromatic rings. The molecule has 7 nitrogen and oxygen atoms in total. The lowest BCUT2D eigenvalue weighted by molar-refractivity contribution is -0.119. The molecule has 0 aliphatic heterocycles. The molecule has 0 aromatic heterocycles. The molecular weight excluding hydrogens is 392 g/mol. The van der Waals surface area contributed by atoms with E-state index in [1.807, 2.05) is 13.0 Å². The van der Waals surface area contributed by atoms with Gasteiger partial charge in [0.15, 0.2) is 6.61 Å². The molecule has 0 radical (unpaired) electrons. The number of rotatable bonds is 6. The van der Waals surface area contributed by atoms with Crippen LogP contribution >= 0.6 is 11.6 Å². The van der Waals surface area contributed by atoms with E-state index < -0.39 is 28.5 Å². The summed E-state index contributed by atoms with van der Waals surface area (Å²) in [4.78, 5) is 24.3. The van der Waals surface area contributed by atoms with Crippen LogP contribution in [0.5, 0.6) is 0 Å². The first-order valence-corrected chi connectivity index (χ1v) is 10.1. The molecule has 0 spiro atoms. The van der Waals surface area contributed by atoms with Crippen LogP contribution in [0.4, 0.5) is 11.4 Å². The van der Waals surface area contributed by atoms with Gasteiger partial charge in [-0.2, -0.15) is 0 Å². The number of benzene rings is 2. The minimum Gasteiger partial charge on any atom is -0.452 e. The summed E-state index contributed by atoms with van der Waals surface area (Å²) in [6, 6.07) is 9.52. The topological polar surface area (TPSA) is 102 Å². The number of nitrogens with one attached hydrogen (secondary N) is 2. The first-order valence-electron chi connectivity index (χ1n) is 7.87. The molecule has 0 aliphatic rings. The van der Waals surface area contributed by atoms with Gasteiger partial charge in [-0.1, -0.05) is 29.8 Å². The zero-order valence-corrected chi connectivity index (χ0v) is 16.6. The Bertz CT molecular complexity index is 966. The fourth-order valence-corrected chi connectivity index (χ4v) is 3.35. The summed E-state index contributed by atoms with van der Waals surface area (Å²) < 4.78 is 30.0. The number of para-hydroxylation sites is 1. The van der Waals surface area contributed by atoms with E-state index in [0.717, 1.165) is 17.4 Å². The van der Waals surface area contributed by atoms with Crippen LogP contribution in [0.15, 0.2) is 36.4 Å². The number of hydrogen-bond acceptors (Lipinski definition) is 5. The number of hydrogen-bond donors (Lipinski definition) is 2. The molecule has 0 aliphatic carbocycles. The van der Waals surface area contributed by atoms with Crippen molar-refractivity contribution in [3.05, 3.63) is 58.1 Å². The maximum atomic E-state index is 12.2. The third kappa shape index (κ3) is 5.97. The van der Waals surface area contributed by atoms with Crippen molar-refractivity contribution in [2.45, 2.75) is 13.8 Å². The van der Waals surface area contributed by atoms with E-state index in [0.29, 0.717) is 10.7 Å². The molecule has 2 aromatic carbocycles. The Morgan fingerprint density at radius 1 is 1.15 bits per heavy atom. The van der Waals surface area contributed by atoms with Gasteiger partial charge < -0.3 is 10.1 Å². The van der Waals surface area contributed by atoms with E-state index in [9.17, 15) is 18.0 Å². The highest BCUT2D eigenvalue weighted by Gasteiger charge is 2.17. The van der Waals surface area contributed by atoms with Crippen LogP contribution in [0.3, 0.4) is 0 Å². The molecule has 0 unspecified atom stereocenters. The fraction of sp³-hybridized carbons (Fsp3) is 0.222. The molecule has 0 saturated carbocycles. The van der Waals surface area contributed by atoms with Gasteiger partial charge in [-0.15, -0.1) is 0 Å². The number of carbonyl (C=O) groups excluding carboxylic acids is 2. The zero-order valence-electron chi connectivity index (χ0n) is 15.0. The number of sulfonamides is 1. The van der Waals surface area contributed by atoms with Crippen molar-refractivity contribution in [1.29, 1.82) is 0 Å². The molecule has 1 amide bonds. The Labute approximate surface area is 162 Å². The lowest BCUT2D eigenvalue weighted by Gasteiger charge is -2.13. The molecular formula is C18H19ClN2O5S. The predicted molar refractivity (Wildman–Crippen MR) is 105 cm³/mol. The number of ether oxygens (including phenoxy) is 1. The van der Waals surface area contributed by atoms with Crippen LogP contribution in [0.25, 0.3) is 0 Å². The lowest BCUT2D eigenvalue weighted by atomic mass is 10.1. The zero-order chi connectivity index (χ0) is 20.2. The number of aryl methyl sites for hydroxylation is 2. The smallest absolute Gasteiger partial charge is 0.340 e. The highest BCUT2D eigenvalue weighted by molar-refractivity contribution is 7.92. The minimum atomic E-state index is -3.57. The number of carbonyl (C=O) groups is 2. The van der Waals surface area contributed by atoms with E-state index >= 15 is 0 Å². The summed E-state index contributed by atoms with van der Waals surface area (Å²) in [5.41, 5.74) is 2.25. The van der Waals surface area contributed by atoms with Crippen LogP contribution in [-0.2, 0) is 19.6 Å². The van der Waals surface area contributed by atoms with Crippen molar-refractivity contribution in [3.63, 3.8) is 0 Å². The van der Waals surface area contributed by atoms with Crippen LogP contribution in [-0.4, -0.2) is 33.2 Å². The van der Waals surface area contributed by atoms with Crippen molar-refractivity contribution < 1.29 is 22.7 Å². The van der Waals surface area contributed by atoms with Crippen LogP contribution in [0.1, 0.15) is 21.5 Å². The highest BCUT2D eigenvalue weighted by atomic mass is 35.5. The van der Waals surface area contributed by atoms with Gasteiger partial charge in [0.2, 0.25) is 10.0 Å². The Balaban J connectivity index is 2.05. The van der Waals surface area contributed by atoms with Gasteiger partial charge in [0.05, 0.1) is 28.2 Å². The molecule has 144 valence electrons. The first-order chi connectivity index (χ1) is 12.6. The van der Waals surface area contributed by atoms with Gasteiger partial charge in [0.1, 0.15) is 0 Å². The molecule has 0 atom stereocenters. The molecule has 0 bridgehead atoms. The average molecular weight is 411 g/mol. The average Bonchev–Trinajstić information content (AvgIpc) is 2.55. The maximum absolute atomic E-state index is 12.2. The molecule has 0 heterocycles. The number of amides is 1. The third-order valence-electron chi connectivity index (χ3n) is 3.47. The maximum Gasteiger partial charge on any atom is 0.340 e. The van der Waals surface area contributed by atoms with Crippen LogP contribution in [0.2, 0.25) is 5.02 Å². The summed E-state index contributed by atoms with van der Waals surface area (Å²) in [7, 11) is -3.57. The van der Waals surface area contributed by atoms with E-state index in [4.69, 9.17) is 16.3 Å². The quantitative estimate of drug-likeness (QED) is 0.712. The summed E-state index contributed by atoms with van der Waals surface area (Å²) in [6.07, 6.45) is 0.968. The van der Waals surface area contributed by atoms with Crippen LogP contribution < -0.4 is 10.0 Å². The largest absolute Gasteiger partial charge is 0.452 e. The number of halogens is 1. The number of esters is 1. The number of anilines is 2. The Kier molecular flexibility index (Phi) is 6.45. The summed E-state index contributed by atoms with van der Waals surface area (Å²) >= 11 is 6.13. The first kappa shape index (κ1) is 20.7. The SMILES string of the molecule is Cc1cc(C)c(NC(=O)COC(=O)c2ccccc2NS(C)(=O)=O)c(Cl)c1. The Hall–Kier alpha value is -2.58. The van der Waals surface area contributed by atoms with Crippen molar-refractivity contribution in [2.75, 3.05) is 22.9 Å². The van der Waals surface area contributed by atoms with E-state index in [1.165, 1.54) is 12.1 Å². The van der Waals surface area contributed by atoms with Crippen molar-refractivity contribution in [3.8, 4) is 0 Å². The molecule has 0 fully saturated rings. The molecule has 0 saturated heterocycles. The van der Waals surface area contributed by atoms with Crippen LogP contribution in [0, 0.1) is 13.8 Å². The summed E-state index contributed by atoms with van der Waals surface area (Å²) in [5, 5.41) is 2.99. The Morgan fingerprint density at radius 3 is 2.44 bits per heavy atom. The summed E-state index contributed by atoms with van der Waals surface area (Å²) in [5.74, 6) is -1.39. The fourth-order valence-electron chi connectivity index (χ4n) is 2.41. The van der Waals surface area contributed by atoms with E-state index in [1.54, 1.807) is 25.1 Å². The molecule has 2 N–H and O–H groups in total. The van der Waals surface area contributed by atoms with Gasteiger partial charge in [-0.05, 0) is 43.2 Å². The normalized spacial score (nSPS) is 11.0. The molecule has 2 rings (SSSR count). The van der Waals surface area contributed by atoms with Gasteiger partial charge in [0, 0.05) is 0 Å². The van der Waals surface area contributed by atoms with Gasteiger partial charge in [0.25, 0.3) is 5.91 Å². The standard InChI is InChI=1S/C18H19ClN2O5S/c1-11-8-12(2)17(14(19)9-11)20-16(22)10-26-18(23)13-6-4-5-7-15(13)21-27(3,24)25/h4-9,21H,10H2,1-3H3,(H,20,22).